The third-order valence-corrected chi connectivity index (χ3v) is 1.86. The van der Waals surface area contributed by atoms with Gasteiger partial charge in [-0.1, -0.05) is 13.8 Å². The number of rotatable bonds is 0. The summed E-state index contributed by atoms with van der Waals surface area (Å²) < 4.78 is 18.4. The first-order valence-corrected chi connectivity index (χ1v) is 7.60. The fourth-order valence-electron chi connectivity index (χ4n) is 1.32. The van der Waals surface area contributed by atoms with Gasteiger partial charge in [0.25, 0.3) is 0 Å². The Labute approximate surface area is 173 Å². The molecule has 0 aliphatic carbocycles. The zero-order valence-electron chi connectivity index (χ0n) is 16.2. The maximum absolute atomic E-state index is 10.5. The van der Waals surface area contributed by atoms with Crippen LogP contribution in [0.3, 0.4) is 0 Å². The van der Waals surface area contributed by atoms with Gasteiger partial charge in [0, 0.05) is 12.2 Å². The summed E-state index contributed by atoms with van der Waals surface area (Å²) in [6.07, 6.45) is 1.54. The zero-order valence-corrected chi connectivity index (χ0v) is 17.7. The first-order valence-electron chi connectivity index (χ1n) is 7.60. The molecule has 0 amide bonds. The molecule has 2 aliphatic heterocycles. The van der Waals surface area contributed by atoms with Crippen LogP contribution >= 0.6 is 0 Å². The smallest absolute Gasteiger partial charge is 0.855 e. The summed E-state index contributed by atoms with van der Waals surface area (Å²) in [5.41, 5.74) is 0. The van der Waals surface area contributed by atoms with Gasteiger partial charge in [0.2, 0.25) is 0 Å². The molecule has 0 N–H and O–H groups in total. The Bertz CT molecular complexity index is 465. The molecular weight excluding hydrogens is 400 g/mol. The molecule has 0 aromatic carbocycles. The van der Waals surface area contributed by atoms with Gasteiger partial charge >= 0.3 is 33.7 Å². The van der Waals surface area contributed by atoms with Crippen LogP contribution in [0.4, 0.5) is 0 Å². The van der Waals surface area contributed by atoms with Crippen LogP contribution in [0.5, 0.6) is 0 Å². The molecule has 27 heavy (non-hydrogen) atoms. The Balaban J connectivity index is -0.000000322. The number of esters is 2. The first-order chi connectivity index (χ1) is 11.8. The summed E-state index contributed by atoms with van der Waals surface area (Å²) in [6, 6.07) is 0. The van der Waals surface area contributed by atoms with Gasteiger partial charge in [0.05, 0.1) is 11.9 Å². The molecule has 0 spiro atoms. The Morgan fingerprint density at radius 2 is 0.963 bits per heavy atom. The topological polar surface area (TPSA) is 163 Å². The van der Waals surface area contributed by atoms with Crippen LogP contribution in [0.15, 0.2) is 24.0 Å². The molecule has 0 saturated carbocycles. The fraction of sp³-hybridized carbons (Fsp3) is 0.625. The van der Waals surface area contributed by atoms with Crippen molar-refractivity contribution in [3.8, 4) is 0 Å². The molecule has 0 saturated heterocycles. The second kappa shape index (κ2) is 14.3. The van der Waals surface area contributed by atoms with Crippen molar-refractivity contribution in [2.75, 3.05) is 13.2 Å². The Morgan fingerprint density at radius 3 is 1.11 bits per heavy atom. The van der Waals surface area contributed by atoms with Gasteiger partial charge in [-0.05, 0) is 27.7 Å². The van der Waals surface area contributed by atoms with Crippen LogP contribution in [-0.2, 0) is 50.3 Å². The minimum absolute atomic E-state index is 0. The van der Waals surface area contributed by atoms with Crippen LogP contribution in [0.25, 0.3) is 0 Å². The average molecular weight is 424 g/mol. The van der Waals surface area contributed by atoms with E-state index < -0.39 is 35.4 Å². The summed E-state index contributed by atoms with van der Waals surface area (Å²) in [5.74, 6) is -4.82. The van der Waals surface area contributed by atoms with Crippen molar-refractivity contribution in [1.29, 1.82) is 0 Å². The standard InChI is InChI=1S/2C6H8O4.2C2H5O.Ti/c2*1-6(2)9-4(7)3-5(8)10-6;2*1-2-3;/h2*3,7H,1-2H3;2*2H2,1H3;/q;;2*-1;+4/p-2. The largest absolute Gasteiger partial charge is 4.00 e. The maximum atomic E-state index is 10.5. The minimum atomic E-state index is -1.11. The molecule has 0 aromatic rings. The molecular formula is C16H24O10Ti. The maximum Gasteiger partial charge on any atom is 4.00 e. The van der Waals surface area contributed by atoms with Crippen molar-refractivity contribution in [1.82, 2.24) is 0 Å². The van der Waals surface area contributed by atoms with E-state index in [0.29, 0.717) is 0 Å². The van der Waals surface area contributed by atoms with E-state index in [1.54, 1.807) is 13.8 Å². The van der Waals surface area contributed by atoms with E-state index in [1.165, 1.54) is 27.7 Å². The zero-order chi connectivity index (χ0) is 21.0. The van der Waals surface area contributed by atoms with Gasteiger partial charge < -0.3 is 39.4 Å². The van der Waals surface area contributed by atoms with Crippen LogP contribution in [0.2, 0.25) is 0 Å². The molecule has 0 radical (unpaired) electrons. The molecule has 10 nitrogen and oxygen atoms in total. The molecule has 0 aromatic heterocycles. The van der Waals surface area contributed by atoms with Crippen molar-refractivity contribution < 1.29 is 70.7 Å². The summed E-state index contributed by atoms with van der Waals surface area (Å²) in [5, 5.41) is 38.9. The summed E-state index contributed by atoms with van der Waals surface area (Å²) in [7, 11) is 0. The van der Waals surface area contributed by atoms with Gasteiger partial charge in [-0.15, -0.1) is 13.2 Å². The Hall–Kier alpha value is -1.75. The van der Waals surface area contributed by atoms with E-state index in [0.717, 1.165) is 12.2 Å². The number of hydrogen-bond acceptors (Lipinski definition) is 10. The molecule has 0 fully saturated rings. The molecule has 2 heterocycles. The van der Waals surface area contributed by atoms with Crippen molar-refractivity contribution in [3.05, 3.63) is 24.0 Å². The van der Waals surface area contributed by atoms with Crippen molar-refractivity contribution in [3.63, 3.8) is 0 Å². The molecule has 11 heteroatoms. The number of carbonyl (C=O) groups is 2. The normalized spacial score (nSPS) is 18.1. The third-order valence-electron chi connectivity index (χ3n) is 1.86. The molecule has 0 bridgehead atoms. The monoisotopic (exact) mass is 424 g/mol. The second-order valence-corrected chi connectivity index (χ2v) is 5.35. The SMILES string of the molecule is CC1(C)OC(=O)C=C([O-])O1.CC1(C)OC(=O)C=C([O-])O1.CC[O-].CC[O-].[Ti+4]. The molecule has 0 unspecified atom stereocenters. The molecule has 2 aliphatic rings. The van der Waals surface area contributed by atoms with E-state index in [4.69, 9.17) is 10.2 Å². The van der Waals surface area contributed by atoms with Gasteiger partial charge in [-0.3, -0.25) is 0 Å². The predicted octanol–water partition coefficient (Wildman–Crippen LogP) is -2.27. The van der Waals surface area contributed by atoms with Crippen LogP contribution in [-0.4, -0.2) is 36.7 Å². The number of ether oxygens (including phenoxy) is 4. The van der Waals surface area contributed by atoms with Crippen LogP contribution in [0, 0.1) is 0 Å². The molecule has 0 atom stereocenters. The summed E-state index contributed by atoms with van der Waals surface area (Å²) >= 11 is 0. The van der Waals surface area contributed by atoms with E-state index in [-0.39, 0.29) is 34.9 Å². The predicted molar refractivity (Wildman–Crippen MR) is 79.8 cm³/mol. The fourth-order valence-corrected chi connectivity index (χ4v) is 1.32. The molecule has 152 valence electrons. The summed E-state index contributed by atoms with van der Waals surface area (Å²) in [6.45, 7) is 9.12. The van der Waals surface area contributed by atoms with E-state index in [1.807, 2.05) is 0 Å². The number of hydrogen-bond donors (Lipinski definition) is 0. The van der Waals surface area contributed by atoms with Gasteiger partial charge in [-0.2, -0.15) is 0 Å². The van der Waals surface area contributed by atoms with E-state index in [2.05, 4.69) is 18.9 Å². The summed E-state index contributed by atoms with van der Waals surface area (Å²) in [4.78, 5) is 21.0. The third kappa shape index (κ3) is 17.4. The first kappa shape index (κ1) is 30.0. The van der Waals surface area contributed by atoms with Crippen LogP contribution in [0.1, 0.15) is 41.5 Å². The Kier molecular flexibility index (Phi) is 15.9. The minimum Gasteiger partial charge on any atom is -0.855 e. The van der Waals surface area contributed by atoms with Gasteiger partial charge in [0.15, 0.2) is 11.6 Å². The quantitative estimate of drug-likeness (QED) is 0.306. The average Bonchev–Trinajstić information content (AvgIpc) is 2.34. The van der Waals surface area contributed by atoms with Gasteiger partial charge in [0.1, 0.15) is 0 Å². The van der Waals surface area contributed by atoms with Crippen molar-refractivity contribution in [2.45, 2.75) is 53.1 Å². The molecule has 2 rings (SSSR count). The van der Waals surface area contributed by atoms with Gasteiger partial charge in [-0.25, -0.2) is 9.59 Å². The number of cyclic esters (lactones) is 2. The Morgan fingerprint density at radius 1 is 0.741 bits per heavy atom. The van der Waals surface area contributed by atoms with E-state index in [9.17, 15) is 19.8 Å². The second-order valence-electron chi connectivity index (χ2n) is 5.35. The van der Waals surface area contributed by atoms with Crippen LogP contribution < -0.4 is 20.4 Å². The van der Waals surface area contributed by atoms with Crippen molar-refractivity contribution >= 4 is 11.9 Å². The van der Waals surface area contributed by atoms with E-state index >= 15 is 0 Å². The van der Waals surface area contributed by atoms with Crippen molar-refractivity contribution in [2.24, 2.45) is 0 Å². The number of carbonyl (C=O) groups excluding carboxylic acids is 2.